The van der Waals surface area contributed by atoms with E-state index in [1.165, 1.54) is 10.5 Å². The van der Waals surface area contributed by atoms with Crippen molar-refractivity contribution in [3.63, 3.8) is 0 Å². The molecule has 0 aromatic heterocycles. The number of hydrogen-bond acceptors (Lipinski definition) is 4. The maximum Gasteiger partial charge on any atom is 0.127 e. The van der Waals surface area contributed by atoms with Gasteiger partial charge in [0.15, 0.2) is 0 Å². The number of hydrogen-bond donors (Lipinski definition) is 1. The molecule has 1 unspecified atom stereocenters. The van der Waals surface area contributed by atoms with Crippen LogP contribution in [0.15, 0.2) is 47.4 Å². The summed E-state index contributed by atoms with van der Waals surface area (Å²) in [5.74, 6) is 1.64. The number of rotatable bonds is 6. The molecule has 1 N–H and O–H groups in total. The molecule has 0 bridgehead atoms. The Morgan fingerprint density at radius 1 is 0.952 bits per heavy atom. The van der Waals surface area contributed by atoms with Crippen molar-refractivity contribution in [1.82, 2.24) is 5.32 Å². The second kappa shape index (κ2) is 7.38. The van der Waals surface area contributed by atoms with Crippen LogP contribution in [0.4, 0.5) is 0 Å². The van der Waals surface area contributed by atoms with Gasteiger partial charge in [-0.3, -0.25) is 0 Å². The van der Waals surface area contributed by atoms with Gasteiger partial charge >= 0.3 is 0 Å². The molecule has 0 spiro atoms. The quantitative estimate of drug-likeness (QED) is 0.824. The van der Waals surface area contributed by atoms with Crippen molar-refractivity contribution in [2.45, 2.75) is 10.9 Å². The van der Waals surface area contributed by atoms with Crippen LogP contribution < -0.4 is 14.8 Å². The van der Waals surface area contributed by atoms with Crippen LogP contribution in [0.5, 0.6) is 11.5 Å². The number of methoxy groups -OCH3 is 2. The smallest absolute Gasteiger partial charge is 0.127 e. The summed E-state index contributed by atoms with van der Waals surface area (Å²) in [4.78, 5) is 1.25. The normalized spacial score (nSPS) is 12.0. The number of benzene rings is 2. The molecule has 0 aliphatic rings. The van der Waals surface area contributed by atoms with E-state index in [0.717, 1.165) is 17.1 Å². The highest BCUT2D eigenvalue weighted by molar-refractivity contribution is 7.98. The predicted octanol–water partition coefficient (Wildman–Crippen LogP) is 3.73. The van der Waals surface area contributed by atoms with Gasteiger partial charge in [0.2, 0.25) is 0 Å². The molecule has 112 valence electrons. The number of nitrogens with one attached hydrogen (secondary N) is 1. The lowest BCUT2D eigenvalue weighted by Crippen LogP contribution is -2.19. The van der Waals surface area contributed by atoms with Crippen molar-refractivity contribution in [3.05, 3.63) is 53.6 Å². The van der Waals surface area contributed by atoms with E-state index < -0.39 is 0 Å². The fourth-order valence-corrected chi connectivity index (χ4v) is 2.85. The maximum absolute atomic E-state index is 5.51. The molecule has 0 radical (unpaired) electrons. The molecule has 2 aromatic rings. The Hall–Kier alpha value is -1.65. The summed E-state index contributed by atoms with van der Waals surface area (Å²) in [5, 5.41) is 3.35. The van der Waals surface area contributed by atoms with Gasteiger partial charge < -0.3 is 14.8 Å². The standard InChI is InChI=1S/C17H21NO2S/c1-18-17(12-8-10-13(21-4)11-9-12)16-14(19-2)6-5-7-15(16)20-3/h5-11,17-18H,1-4H3. The summed E-state index contributed by atoms with van der Waals surface area (Å²) in [7, 11) is 5.31. The molecule has 2 rings (SSSR count). The van der Waals surface area contributed by atoms with Gasteiger partial charge in [-0.25, -0.2) is 0 Å². The molecule has 2 aromatic carbocycles. The highest BCUT2D eigenvalue weighted by atomic mass is 32.2. The second-order valence-electron chi connectivity index (χ2n) is 4.57. The van der Waals surface area contributed by atoms with E-state index in [1.807, 2.05) is 25.2 Å². The minimum absolute atomic E-state index is 0.0204. The highest BCUT2D eigenvalue weighted by Crippen LogP contribution is 2.37. The summed E-state index contributed by atoms with van der Waals surface area (Å²) in [6.45, 7) is 0. The minimum Gasteiger partial charge on any atom is -0.496 e. The van der Waals surface area contributed by atoms with E-state index >= 15 is 0 Å². The highest BCUT2D eigenvalue weighted by Gasteiger charge is 2.21. The van der Waals surface area contributed by atoms with Crippen LogP contribution in [0.25, 0.3) is 0 Å². The Balaban J connectivity index is 2.49. The molecule has 0 aliphatic heterocycles. The van der Waals surface area contributed by atoms with Crippen molar-refractivity contribution in [1.29, 1.82) is 0 Å². The van der Waals surface area contributed by atoms with E-state index in [0.29, 0.717) is 0 Å². The lowest BCUT2D eigenvalue weighted by molar-refractivity contribution is 0.379. The summed E-state index contributed by atoms with van der Waals surface area (Å²) in [6, 6.07) is 14.4. The van der Waals surface area contributed by atoms with Gasteiger partial charge in [0, 0.05) is 4.90 Å². The lowest BCUT2D eigenvalue weighted by Gasteiger charge is -2.22. The third-order valence-electron chi connectivity index (χ3n) is 3.49. The van der Waals surface area contributed by atoms with Crippen LogP contribution in [0, 0.1) is 0 Å². The molecule has 0 heterocycles. The zero-order valence-electron chi connectivity index (χ0n) is 12.8. The first-order valence-electron chi connectivity index (χ1n) is 6.77. The van der Waals surface area contributed by atoms with E-state index in [4.69, 9.17) is 9.47 Å². The van der Waals surface area contributed by atoms with Gasteiger partial charge in [-0.1, -0.05) is 18.2 Å². The Morgan fingerprint density at radius 2 is 1.52 bits per heavy atom. The van der Waals surface area contributed by atoms with Crippen molar-refractivity contribution in [3.8, 4) is 11.5 Å². The van der Waals surface area contributed by atoms with Crippen molar-refractivity contribution < 1.29 is 9.47 Å². The molecule has 0 saturated heterocycles. The Bertz CT molecular complexity index is 562. The molecule has 0 fully saturated rings. The van der Waals surface area contributed by atoms with Gasteiger partial charge in [-0.2, -0.15) is 0 Å². The third kappa shape index (κ3) is 3.34. The first kappa shape index (κ1) is 15.7. The number of thioether (sulfide) groups is 1. The van der Waals surface area contributed by atoms with Gasteiger partial charge in [0.05, 0.1) is 25.8 Å². The average molecular weight is 303 g/mol. The largest absolute Gasteiger partial charge is 0.496 e. The maximum atomic E-state index is 5.51. The van der Waals surface area contributed by atoms with Crippen molar-refractivity contribution >= 4 is 11.8 Å². The second-order valence-corrected chi connectivity index (χ2v) is 5.45. The lowest BCUT2D eigenvalue weighted by atomic mass is 9.97. The van der Waals surface area contributed by atoms with E-state index in [2.05, 4.69) is 35.8 Å². The first-order valence-corrected chi connectivity index (χ1v) is 7.99. The van der Waals surface area contributed by atoms with Crippen LogP contribution >= 0.6 is 11.8 Å². The first-order chi connectivity index (χ1) is 10.2. The Labute approximate surface area is 130 Å². The summed E-state index contributed by atoms with van der Waals surface area (Å²) < 4.78 is 11.0. The average Bonchev–Trinajstić information content (AvgIpc) is 2.56. The fourth-order valence-electron chi connectivity index (χ4n) is 2.44. The molecular formula is C17H21NO2S. The van der Waals surface area contributed by atoms with Crippen LogP contribution in [-0.4, -0.2) is 27.5 Å². The molecular weight excluding hydrogens is 282 g/mol. The van der Waals surface area contributed by atoms with Gasteiger partial charge in [-0.15, -0.1) is 11.8 Å². The molecule has 1 atom stereocenters. The SMILES string of the molecule is CNC(c1ccc(SC)cc1)c1c(OC)cccc1OC. The summed E-state index contributed by atoms with van der Waals surface area (Å²) >= 11 is 1.74. The summed E-state index contributed by atoms with van der Waals surface area (Å²) in [5.41, 5.74) is 2.19. The minimum atomic E-state index is 0.0204. The predicted molar refractivity (Wildman–Crippen MR) is 88.7 cm³/mol. The fraction of sp³-hybridized carbons (Fsp3) is 0.294. The van der Waals surface area contributed by atoms with Crippen molar-refractivity contribution in [2.75, 3.05) is 27.5 Å². The molecule has 3 nitrogen and oxygen atoms in total. The van der Waals surface area contributed by atoms with Gasteiger partial charge in [-0.05, 0) is 43.1 Å². The Morgan fingerprint density at radius 3 is 1.95 bits per heavy atom. The van der Waals surface area contributed by atoms with E-state index in [-0.39, 0.29) is 6.04 Å². The van der Waals surface area contributed by atoms with Crippen LogP contribution in [0.1, 0.15) is 17.2 Å². The van der Waals surface area contributed by atoms with Crippen molar-refractivity contribution in [2.24, 2.45) is 0 Å². The van der Waals surface area contributed by atoms with E-state index in [9.17, 15) is 0 Å². The zero-order valence-corrected chi connectivity index (χ0v) is 13.7. The third-order valence-corrected chi connectivity index (χ3v) is 4.24. The van der Waals surface area contributed by atoms with Gasteiger partial charge in [0.1, 0.15) is 11.5 Å². The van der Waals surface area contributed by atoms with E-state index in [1.54, 1.807) is 26.0 Å². The molecule has 21 heavy (non-hydrogen) atoms. The molecule has 4 heteroatoms. The molecule has 0 aliphatic carbocycles. The molecule has 0 amide bonds. The van der Waals surface area contributed by atoms with Crippen LogP contribution in [0.2, 0.25) is 0 Å². The summed E-state index contributed by atoms with van der Waals surface area (Å²) in [6.07, 6.45) is 2.08. The number of ether oxygens (including phenoxy) is 2. The molecule has 0 saturated carbocycles. The Kier molecular flexibility index (Phi) is 5.53. The monoisotopic (exact) mass is 303 g/mol. The zero-order chi connectivity index (χ0) is 15.2. The topological polar surface area (TPSA) is 30.5 Å². The van der Waals surface area contributed by atoms with Gasteiger partial charge in [0.25, 0.3) is 0 Å². The van der Waals surface area contributed by atoms with Crippen LogP contribution in [0.3, 0.4) is 0 Å². The van der Waals surface area contributed by atoms with Crippen LogP contribution in [-0.2, 0) is 0 Å².